The van der Waals surface area contributed by atoms with Gasteiger partial charge in [-0.25, -0.2) is 18.1 Å². The summed E-state index contributed by atoms with van der Waals surface area (Å²) in [6, 6.07) is 11.8. The smallest absolute Gasteiger partial charge is 0.254 e. The van der Waals surface area contributed by atoms with Gasteiger partial charge in [-0.2, -0.15) is 0 Å². The Labute approximate surface area is 196 Å². The van der Waals surface area contributed by atoms with E-state index in [-0.39, 0.29) is 40.1 Å². The topological polar surface area (TPSA) is 88.6 Å². The third-order valence-corrected chi connectivity index (χ3v) is 8.67. The number of para-hydroxylation sites is 1. The molecule has 1 amide bonds. The number of hydrogen-bond donors (Lipinski definition) is 1. The first-order valence-corrected chi connectivity index (χ1v) is 13.0. The van der Waals surface area contributed by atoms with E-state index in [1.807, 2.05) is 31.2 Å². The number of thiazole rings is 1. The van der Waals surface area contributed by atoms with Crippen LogP contribution in [-0.4, -0.2) is 50.5 Å². The average molecular weight is 494 g/mol. The second-order valence-corrected chi connectivity index (χ2v) is 10.9. The van der Waals surface area contributed by atoms with Gasteiger partial charge in [0.05, 0.1) is 27.4 Å². The number of ether oxygens (including phenoxy) is 1. The molecule has 0 radical (unpaired) electrons. The monoisotopic (exact) mass is 493 g/mol. The number of benzene rings is 2. The minimum absolute atomic E-state index is 0.0586. The fraction of sp³-hybridized carbons (Fsp3) is 0.364. The van der Waals surface area contributed by atoms with Crippen LogP contribution in [0.4, 0.5) is 0 Å². The van der Waals surface area contributed by atoms with Crippen molar-refractivity contribution in [1.29, 1.82) is 0 Å². The molecule has 2 atom stereocenters. The lowest BCUT2D eigenvalue weighted by atomic mass is 10.2. The molecule has 1 fully saturated rings. The van der Waals surface area contributed by atoms with Crippen LogP contribution in [-0.2, 0) is 14.8 Å². The van der Waals surface area contributed by atoms with E-state index >= 15 is 0 Å². The summed E-state index contributed by atoms with van der Waals surface area (Å²) < 4.78 is 34.7. The van der Waals surface area contributed by atoms with Gasteiger partial charge in [-0.3, -0.25) is 4.79 Å². The molecule has 3 aromatic rings. The van der Waals surface area contributed by atoms with Crippen LogP contribution >= 0.6 is 22.9 Å². The third-order valence-electron chi connectivity index (χ3n) is 5.56. The first-order valence-electron chi connectivity index (χ1n) is 10.3. The summed E-state index contributed by atoms with van der Waals surface area (Å²) in [4.78, 5) is 19.2. The molecular weight excluding hydrogens is 470 g/mol. The number of nitrogens with one attached hydrogen (secondary N) is 1. The Morgan fingerprint density at radius 1 is 1.34 bits per heavy atom. The lowest BCUT2D eigenvalue weighted by Gasteiger charge is -2.23. The minimum Gasteiger partial charge on any atom is -0.377 e. The van der Waals surface area contributed by atoms with Crippen molar-refractivity contribution in [2.24, 2.45) is 0 Å². The van der Waals surface area contributed by atoms with Crippen molar-refractivity contribution < 1.29 is 17.9 Å². The predicted octanol–water partition coefficient (Wildman–Crippen LogP) is 4.24. The van der Waals surface area contributed by atoms with Gasteiger partial charge in [0.15, 0.2) is 0 Å². The minimum atomic E-state index is -3.89. The summed E-state index contributed by atoms with van der Waals surface area (Å²) in [5, 5.41) is 0.866. The molecule has 4 rings (SSSR count). The highest BCUT2D eigenvalue weighted by Gasteiger charge is 2.26. The van der Waals surface area contributed by atoms with Crippen LogP contribution in [0.25, 0.3) is 10.2 Å². The maximum atomic E-state index is 13.2. The number of aromatic nitrogens is 1. The van der Waals surface area contributed by atoms with Gasteiger partial charge in [-0.1, -0.05) is 23.7 Å². The zero-order chi connectivity index (χ0) is 22.9. The molecule has 0 aliphatic carbocycles. The Hall–Kier alpha value is -2.04. The van der Waals surface area contributed by atoms with E-state index in [9.17, 15) is 13.2 Å². The van der Waals surface area contributed by atoms with E-state index in [1.165, 1.54) is 29.5 Å². The van der Waals surface area contributed by atoms with E-state index in [0.717, 1.165) is 28.1 Å². The molecule has 1 saturated heterocycles. The molecule has 0 saturated carbocycles. The summed E-state index contributed by atoms with van der Waals surface area (Å²) in [5.41, 5.74) is 1.12. The van der Waals surface area contributed by atoms with Crippen LogP contribution in [0.3, 0.4) is 0 Å². The van der Waals surface area contributed by atoms with E-state index in [2.05, 4.69) is 9.71 Å². The molecule has 32 heavy (non-hydrogen) atoms. The van der Waals surface area contributed by atoms with Crippen LogP contribution in [0.2, 0.25) is 5.02 Å². The van der Waals surface area contributed by atoms with Gasteiger partial charge in [0, 0.05) is 25.8 Å². The van der Waals surface area contributed by atoms with Crippen molar-refractivity contribution in [3.8, 4) is 0 Å². The van der Waals surface area contributed by atoms with Gasteiger partial charge in [0.2, 0.25) is 10.0 Å². The number of hydrogen-bond acceptors (Lipinski definition) is 6. The van der Waals surface area contributed by atoms with Crippen molar-refractivity contribution in [1.82, 2.24) is 14.6 Å². The van der Waals surface area contributed by atoms with Crippen molar-refractivity contribution >= 4 is 49.1 Å². The van der Waals surface area contributed by atoms with Gasteiger partial charge < -0.3 is 9.64 Å². The van der Waals surface area contributed by atoms with Gasteiger partial charge in [-0.05, 0) is 50.1 Å². The van der Waals surface area contributed by atoms with Crippen LogP contribution in [0, 0.1) is 0 Å². The Balaban J connectivity index is 1.54. The summed E-state index contributed by atoms with van der Waals surface area (Å²) >= 11 is 7.71. The maximum absolute atomic E-state index is 13.2. The highest BCUT2D eigenvalue weighted by Crippen LogP contribution is 2.30. The van der Waals surface area contributed by atoms with E-state index in [0.29, 0.717) is 6.61 Å². The number of sulfonamides is 1. The maximum Gasteiger partial charge on any atom is 0.254 e. The van der Waals surface area contributed by atoms with Crippen molar-refractivity contribution in [2.45, 2.75) is 36.8 Å². The fourth-order valence-corrected chi connectivity index (χ4v) is 6.19. The SMILES string of the molecule is C[C@H](c1nc2ccccc2s1)N(C)C(=O)c1ccc(Cl)c(S(=O)(=O)NC[C@@H]2CCCO2)c1. The summed E-state index contributed by atoms with van der Waals surface area (Å²) in [6.07, 6.45) is 1.58. The molecule has 1 aliphatic heterocycles. The molecule has 1 N–H and O–H groups in total. The molecule has 170 valence electrons. The Bertz CT molecular complexity index is 1210. The Kier molecular flexibility index (Phi) is 6.83. The van der Waals surface area contributed by atoms with Crippen molar-refractivity contribution in [3.05, 3.63) is 58.1 Å². The molecule has 1 aliphatic rings. The van der Waals surface area contributed by atoms with Gasteiger partial charge in [-0.15, -0.1) is 11.3 Å². The second kappa shape index (κ2) is 9.44. The van der Waals surface area contributed by atoms with Crippen molar-refractivity contribution in [2.75, 3.05) is 20.2 Å². The molecule has 7 nitrogen and oxygen atoms in total. The van der Waals surface area contributed by atoms with Crippen LogP contribution in [0.15, 0.2) is 47.4 Å². The van der Waals surface area contributed by atoms with Gasteiger partial charge >= 0.3 is 0 Å². The number of amides is 1. The van der Waals surface area contributed by atoms with Crippen molar-refractivity contribution in [3.63, 3.8) is 0 Å². The van der Waals surface area contributed by atoms with Crippen LogP contribution in [0.1, 0.15) is 41.2 Å². The number of rotatable bonds is 7. The molecule has 1 aromatic heterocycles. The molecule has 0 unspecified atom stereocenters. The van der Waals surface area contributed by atoms with E-state index in [1.54, 1.807) is 11.9 Å². The number of carbonyl (C=O) groups excluding carboxylic acids is 1. The normalized spacial score (nSPS) is 17.5. The fourth-order valence-electron chi connectivity index (χ4n) is 3.54. The largest absolute Gasteiger partial charge is 0.377 e. The zero-order valence-corrected chi connectivity index (χ0v) is 20.1. The van der Waals surface area contributed by atoms with E-state index in [4.69, 9.17) is 16.3 Å². The van der Waals surface area contributed by atoms with E-state index < -0.39 is 10.0 Å². The lowest BCUT2D eigenvalue weighted by molar-refractivity contribution is 0.0742. The zero-order valence-electron chi connectivity index (χ0n) is 17.7. The molecular formula is C22H24ClN3O4S2. The highest BCUT2D eigenvalue weighted by atomic mass is 35.5. The van der Waals surface area contributed by atoms with Gasteiger partial charge in [0.25, 0.3) is 5.91 Å². The third kappa shape index (κ3) is 4.82. The average Bonchev–Trinajstić information content (AvgIpc) is 3.46. The summed E-state index contributed by atoms with van der Waals surface area (Å²) in [5.74, 6) is -0.316. The summed E-state index contributed by atoms with van der Waals surface area (Å²) in [7, 11) is -2.21. The lowest BCUT2D eigenvalue weighted by Crippen LogP contribution is -2.32. The number of nitrogens with zero attached hydrogens (tertiary/aromatic N) is 2. The number of carbonyl (C=O) groups is 1. The molecule has 0 bridgehead atoms. The molecule has 2 aromatic carbocycles. The predicted molar refractivity (Wildman–Crippen MR) is 126 cm³/mol. The quantitative estimate of drug-likeness (QED) is 0.531. The molecule has 10 heteroatoms. The van der Waals surface area contributed by atoms with Crippen LogP contribution in [0.5, 0.6) is 0 Å². The Morgan fingerprint density at radius 3 is 2.84 bits per heavy atom. The Morgan fingerprint density at radius 2 is 2.12 bits per heavy atom. The van der Waals surface area contributed by atoms with Gasteiger partial charge in [0.1, 0.15) is 9.90 Å². The standard InChI is InChI=1S/C22H24ClN3O4S2/c1-14(21-25-18-7-3-4-8-19(18)31-21)26(2)22(27)15-9-10-17(23)20(12-15)32(28,29)24-13-16-6-5-11-30-16/h3-4,7-10,12,14,16,24H,5-6,11,13H2,1-2H3/t14-,16+/m1/s1. The number of fused-ring (bicyclic) bond motifs is 1. The summed E-state index contributed by atoms with van der Waals surface area (Å²) in [6.45, 7) is 2.70. The highest BCUT2D eigenvalue weighted by molar-refractivity contribution is 7.89. The first kappa shape index (κ1) is 23.1. The second-order valence-electron chi connectivity index (χ2n) is 7.74. The first-order chi connectivity index (χ1) is 15.3. The molecule has 2 heterocycles. The molecule has 0 spiro atoms. The number of halogens is 1. The van der Waals surface area contributed by atoms with Crippen LogP contribution < -0.4 is 4.72 Å².